The summed E-state index contributed by atoms with van der Waals surface area (Å²) in [4.78, 5) is 21.1. The third-order valence-corrected chi connectivity index (χ3v) is 5.53. The molecule has 2 aromatic carbocycles. The molecule has 0 unspecified atom stereocenters. The van der Waals surface area contributed by atoms with Gasteiger partial charge in [0.25, 0.3) is 0 Å². The Morgan fingerprint density at radius 2 is 1.46 bits per heavy atom. The number of nitrogens with zero attached hydrogens (tertiary/aromatic N) is 4. The topological polar surface area (TPSA) is 69.9 Å². The van der Waals surface area contributed by atoms with E-state index in [0.717, 1.165) is 22.3 Å². The molecule has 0 saturated heterocycles. The summed E-state index contributed by atoms with van der Waals surface area (Å²) in [5.41, 5.74) is 4.74. The summed E-state index contributed by atoms with van der Waals surface area (Å²) in [5, 5.41) is 5.20. The first-order valence-corrected chi connectivity index (χ1v) is 11.0. The molecule has 0 aliphatic rings. The van der Waals surface area contributed by atoms with Crippen molar-refractivity contribution in [1.29, 1.82) is 0 Å². The summed E-state index contributed by atoms with van der Waals surface area (Å²) in [6.07, 6.45) is 5.08. The van der Waals surface area contributed by atoms with Crippen LogP contribution in [0.25, 0.3) is 44.5 Å². The van der Waals surface area contributed by atoms with Crippen LogP contribution in [-0.4, -0.2) is 32.3 Å². The van der Waals surface area contributed by atoms with Gasteiger partial charge in [0.2, 0.25) is 0 Å². The maximum atomic E-state index is 13.8. The van der Waals surface area contributed by atoms with Crippen molar-refractivity contribution in [2.24, 2.45) is 0 Å². The first-order valence-electron chi connectivity index (χ1n) is 11.0. The summed E-state index contributed by atoms with van der Waals surface area (Å²) in [6, 6.07) is 15.9. The number of carbonyl (C=O) groups excluding carboxylic acids is 1. The van der Waals surface area contributed by atoms with Crippen molar-refractivity contribution in [3.63, 3.8) is 0 Å². The molecular formula is C27H20F2N4O2. The van der Waals surface area contributed by atoms with E-state index in [2.05, 4.69) is 10.1 Å². The number of pyridine rings is 2. The molecule has 35 heavy (non-hydrogen) atoms. The van der Waals surface area contributed by atoms with Crippen molar-refractivity contribution in [3.8, 4) is 33.5 Å². The minimum atomic E-state index is -0.420. The van der Waals surface area contributed by atoms with Crippen LogP contribution >= 0.6 is 0 Å². The summed E-state index contributed by atoms with van der Waals surface area (Å²) >= 11 is 0. The number of esters is 1. The maximum Gasteiger partial charge on any atom is 0.327 e. The minimum absolute atomic E-state index is 0.0798. The molecule has 0 spiro atoms. The number of ether oxygens (including phenoxy) is 1. The molecule has 8 heteroatoms. The number of rotatable bonds is 6. The fourth-order valence-corrected chi connectivity index (χ4v) is 4.04. The lowest BCUT2D eigenvalue weighted by molar-refractivity contribution is -0.144. The predicted octanol–water partition coefficient (Wildman–Crippen LogP) is 5.67. The first kappa shape index (κ1) is 22.3. The summed E-state index contributed by atoms with van der Waals surface area (Å²) in [6.45, 7) is 1.92. The van der Waals surface area contributed by atoms with E-state index in [1.807, 2.05) is 12.1 Å². The standard InChI is InChI=1S/C27H20F2N4O2/c1-2-35-23(34)16-33-15-22-24(17-3-7-20(28)8-4-17)25(18-11-13-30-14-12-18)26(31-27(22)32-33)19-5-9-21(29)10-6-19/h3-15H,2,16H2,1H3. The fraction of sp³-hybridized carbons (Fsp3) is 0.111. The van der Waals surface area contributed by atoms with Crippen molar-refractivity contribution in [1.82, 2.24) is 19.7 Å². The smallest absolute Gasteiger partial charge is 0.327 e. The highest BCUT2D eigenvalue weighted by molar-refractivity contribution is 6.06. The molecule has 3 aromatic heterocycles. The quantitative estimate of drug-likeness (QED) is 0.299. The average Bonchev–Trinajstić information content (AvgIpc) is 3.26. The Balaban J connectivity index is 1.84. The van der Waals surface area contributed by atoms with E-state index in [1.54, 1.807) is 49.8 Å². The minimum Gasteiger partial charge on any atom is -0.465 e. The number of hydrogen-bond acceptors (Lipinski definition) is 5. The van der Waals surface area contributed by atoms with Gasteiger partial charge in [-0.05, 0) is 66.6 Å². The van der Waals surface area contributed by atoms with Crippen molar-refractivity contribution in [2.75, 3.05) is 6.61 Å². The van der Waals surface area contributed by atoms with Crippen LogP contribution in [0, 0.1) is 11.6 Å². The molecular weight excluding hydrogens is 450 g/mol. The largest absolute Gasteiger partial charge is 0.465 e. The second kappa shape index (κ2) is 9.42. The van der Waals surface area contributed by atoms with Gasteiger partial charge in [-0.15, -0.1) is 0 Å². The number of halogens is 2. The Hall–Kier alpha value is -4.46. The van der Waals surface area contributed by atoms with Crippen molar-refractivity contribution < 1.29 is 18.3 Å². The molecule has 0 saturated carbocycles. The highest BCUT2D eigenvalue weighted by Gasteiger charge is 2.22. The molecule has 174 valence electrons. The van der Waals surface area contributed by atoms with Gasteiger partial charge in [0.1, 0.15) is 18.2 Å². The lowest BCUT2D eigenvalue weighted by atomic mass is 9.90. The Labute approximate surface area is 199 Å². The van der Waals surface area contributed by atoms with Gasteiger partial charge >= 0.3 is 5.97 Å². The van der Waals surface area contributed by atoms with Crippen molar-refractivity contribution >= 4 is 17.0 Å². The third-order valence-electron chi connectivity index (χ3n) is 5.53. The molecule has 0 N–H and O–H groups in total. The maximum absolute atomic E-state index is 13.8. The molecule has 0 aliphatic carbocycles. The highest BCUT2D eigenvalue weighted by Crippen LogP contribution is 2.42. The van der Waals surface area contributed by atoms with Crippen LogP contribution in [0.15, 0.2) is 79.3 Å². The highest BCUT2D eigenvalue weighted by atomic mass is 19.1. The Morgan fingerprint density at radius 1 is 0.857 bits per heavy atom. The molecule has 0 radical (unpaired) electrons. The van der Waals surface area contributed by atoms with E-state index in [1.165, 1.54) is 28.9 Å². The number of fused-ring (bicyclic) bond motifs is 1. The van der Waals surface area contributed by atoms with E-state index in [9.17, 15) is 13.6 Å². The normalized spacial score (nSPS) is 11.1. The lowest BCUT2D eigenvalue weighted by Gasteiger charge is -2.16. The molecule has 0 fully saturated rings. The molecule has 0 bridgehead atoms. The van der Waals surface area contributed by atoms with Crippen molar-refractivity contribution in [2.45, 2.75) is 13.5 Å². The van der Waals surface area contributed by atoms with Gasteiger partial charge in [-0.25, -0.2) is 13.8 Å². The van der Waals surface area contributed by atoms with Gasteiger partial charge in [0.05, 0.1) is 12.3 Å². The van der Waals surface area contributed by atoms with Crippen LogP contribution in [-0.2, 0) is 16.1 Å². The van der Waals surface area contributed by atoms with Gasteiger partial charge in [0, 0.05) is 40.7 Å². The summed E-state index contributed by atoms with van der Waals surface area (Å²) in [7, 11) is 0. The zero-order valence-corrected chi connectivity index (χ0v) is 18.8. The van der Waals surface area contributed by atoms with Crippen molar-refractivity contribution in [3.05, 3.63) is 90.9 Å². The zero-order valence-electron chi connectivity index (χ0n) is 18.8. The third kappa shape index (κ3) is 4.50. The van der Waals surface area contributed by atoms with E-state index in [0.29, 0.717) is 22.3 Å². The van der Waals surface area contributed by atoms with Gasteiger partial charge in [-0.3, -0.25) is 14.5 Å². The van der Waals surface area contributed by atoms with Gasteiger partial charge in [-0.1, -0.05) is 12.1 Å². The second-order valence-electron chi connectivity index (χ2n) is 7.83. The van der Waals surface area contributed by atoms with Gasteiger partial charge < -0.3 is 4.74 Å². The van der Waals surface area contributed by atoms with Crippen LogP contribution < -0.4 is 0 Å². The molecule has 0 aliphatic heterocycles. The Kier molecular flexibility index (Phi) is 6.01. The molecule has 3 heterocycles. The molecule has 5 aromatic rings. The van der Waals surface area contributed by atoms with E-state index in [4.69, 9.17) is 9.72 Å². The number of hydrogen-bond donors (Lipinski definition) is 0. The lowest BCUT2D eigenvalue weighted by Crippen LogP contribution is -2.13. The second-order valence-corrected chi connectivity index (χ2v) is 7.83. The Morgan fingerprint density at radius 3 is 2.09 bits per heavy atom. The predicted molar refractivity (Wildman–Crippen MR) is 128 cm³/mol. The first-order chi connectivity index (χ1) is 17.0. The van der Waals surface area contributed by atoms with Crippen LogP contribution in [0.1, 0.15) is 6.92 Å². The van der Waals surface area contributed by atoms with E-state index in [-0.39, 0.29) is 24.8 Å². The fourth-order valence-electron chi connectivity index (χ4n) is 4.04. The monoisotopic (exact) mass is 470 g/mol. The van der Waals surface area contributed by atoms with Crippen LogP contribution in [0.3, 0.4) is 0 Å². The van der Waals surface area contributed by atoms with Crippen LogP contribution in [0.5, 0.6) is 0 Å². The number of carbonyl (C=O) groups is 1. The van der Waals surface area contributed by atoms with Crippen LogP contribution in [0.4, 0.5) is 8.78 Å². The molecule has 0 amide bonds. The van der Waals surface area contributed by atoms with E-state index < -0.39 is 5.97 Å². The SMILES string of the molecule is CCOC(=O)Cn1cc2c(-c3ccc(F)cc3)c(-c3ccncc3)c(-c3ccc(F)cc3)nc2n1. The summed E-state index contributed by atoms with van der Waals surface area (Å²) < 4.78 is 34.1. The van der Waals surface area contributed by atoms with Crippen LogP contribution in [0.2, 0.25) is 0 Å². The van der Waals surface area contributed by atoms with Gasteiger partial charge in [0.15, 0.2) is 5.65 Å². The zero-order chi connectivity index (χ0) is 24.4. The average molecular weight is 470 g/mol. The molecule has 6 nitrogen and oxygen atoms in total. The summed E-state index contributed by atoms with van der Waals surface area (Å²) in [5.74, 6) is -1.14. The molecule has 0 atom stereocenters. The number of benzene rings is 2. The Bertz CT molecular complexity index is 1500. The van der Waals surface area contributed by atoms with Gasteiger partial charge in [-0.2, -0.15) is 5.10 Å². The van der Waals surface area contributed by atoms with E-state index >= 15 is 0 Å². The number of aromatic nitrogens is 4. The molecule has 5 rings (SSSR count).